The number of halogens is 5. The van der Waals surface area contributed by atoms with Gasteiger partial charge in [-0.25, -0.2) is 13.8 Å². The number of aromatic nitrogens is 5. The van der Waals surface area contributed by atoms with E-state index in [0.717, 1.165) is 0 Å². The van der Waals surface area contributed by atoms with Crippen LogP contribution in [0.25, 0.3) is 27.8 Å². The van der Waals surface area contributed by atoms with Crippen LogP contribution in [0, 0.1) is 17.7 Å². The summed E-state index contributed by atoms with van der Waals surface area (Å²) in [6.45, 7) is 0. The van der Waals surface area contributed by atoms with Crippen LogP contribution in [-0.4, -0.2) is 36.6 Å². The first-order valence-corrected chi connectivity index (χ1v) is 10.9. The molecule has 3 atom stereocenters. The molecule has 2 aliphatic carbocycles. The Hall–Kier alpha value is -3.61. The van der Waals surface area contributed by atoms with Gasteiger partial charge in [0.1, 0.15) is 17.6 Å². The summed E-state index contributed by atoms with van der Waals surface area (Å²) in [5, 5.41) is 8.98. The first-order valence-electron chi connectivity index (χ1n) is 10.9. The van der Waals surface area contributed by atoms with E-state index in [1.807, 2.05) is 0 Å². The molecule has 0 aliphatic heterocycles. The van der Waals surface area contributed by atoms with Crippen molar-refractivity contribution in [3.05, 3.63) is 41.7 Å². The molecule has 1 aromatic carbocycles. The number of carbonyl (C=O) groups is 1. The molecule has 4 N–H and O–H groups in total. The number of nitrogens with zero attached hydrogens (tertiary/aromatic N) is 4. The van der Waals surface area contributed by atoms with Crippen molar-refractivity contribution in [3.63, 3.8) is 0 Å². The highest BCUT2D eigenvalue weighted by Crippen LogP contribution is 2.48. The van der Waals surface area contributed by atoms with E-state index in [-0.39, 0.29) is 46.0 Å². The van der Waals surface area contributed by atoms with Crippen LogP contribution in [0.15, 0.2) is 24.8 Å². The Morgan fingerprint density at radius 1 is 1.26 bits per heavy atom. The molecule has 0 spiro atoms. The van der Waals surface area contributed by atoms with Crippen LogP contribution in [0.5, 0.6) is 0 Å². The number of rotatable bonds is 5. The molecule has 2 saturated carbocycles. The number of aromatic amines is 1. The lowest BCUT2D eigenvalue weighted by Crippen LogP contribution is -2.20. The van der Waals surface area contributed by atoms with Crippen LogP contribution in [0.1, 0.15) is 36.4 Å². The molecular formula is C22H18F5N7O. The molecule has 3 unspecified atom stereocenters. The van der Waals surface area contributed by atoms with Gasteiger partial charge in [0.25, 0.3) is 0 Å². The van der Waals surface area contributed by atoms with Gasteiger partial charge in [-0.2, -0.15) is 18.3 Å². The second kappa shape index (κ2) is 7.44. The number of carbonyl (C=O) groups excluding carboxylic acids is 1. The normalized spacial score (nSPS) is 21.0. The minimum atomic E-state index is -5.04. The van der Waals surface area contributed by atoms with Crippen molar-refractivity contribution in [1.29, 1.82) is 0 Å². The fourth-order valence-electron chi connectivity index (χ4n) is 4.45. The highest BCUT2D eigenvalue weighted by Gasteiger charge is 2.44. The standard InChI is InChI=1S/C22H18F5N7O/c23-11-3-9(11)21(35)32-13-7-34-6-12(29-5-14(34)31-13)15-10-4-30-33-20(10)16(19(28)8-1-2-8)18(24)17(15)22(25,26)27/h4-9,11,19H,1-3,28H2,(H,30,33)(H,32,35). The number of amides is 1. The van der Waals surface area contributed by atoms with E-state index in [0.29, 0.717) is 12.8 Å². The largest absolute Gasteiger partial charge is 0.419 e. The Balaban J connectivity index is 1.50. The van der Waals surface area contributed by atoms with Gasteiger partial charge in [-0.1, -0.05) is 0 Å². The van der Waals surface area contributed by atoms with Gasteiger partial charge in [0.2, 0.25) is 5.91 Å². The van der Waals surface area contributed by atoms with Crippen LogP contribution in [-0.2, 0) is 11.0 Å². The quantitative estimate of drug-likeness (QED) is 0.363. The zero-order chi connectivity index (χ0) is 24.6. The summed E-state index contributed by atoms with van der Waals surface area (Å²) in [7, 11) is 0. The van der Waals surface area contributed by atoms with E-state index in [2.05, 4.69) is 25.5 Å². The highest BCUT2D eigenvalue weighted by atomic mass is 19.4. The molecule has 8 nitrogen and oxygen atoms in total. The summed E-state index contributed by atoms with van der Waals surface area (Å²) >= 11 is 0. The lowest BCUT2D eigenvalue weighted by molar-refractivity contribution is -0.139. The van der Waals surface area contributed by atoms with Crippen molar-refractivity contribution in [2.75, 3.05) is 5.32 Å². The zero-order valence-corrected chi connectivity index (χ0v) is 17.9. The summed E-state index contributed by atoms with van der Waals surface area (Å²) in [6, 6.07) is -0.904. The van der Waals surface area contributed by atoms with Crippen LogP contribution in [0.2, 0.25) is 0 Å². The molecule has 4 aromatic rings. The third-order valence-electron chi connectivity index (χ3n) is 6.53. The number of fused-ring (bicyclic) bond motifs is 2. The molecule has 6 rings (SSSR count). The van der Waals surface area contributed by atoms with Gasteiger partial charge < -0.3 is 15.5 Å². The number of nitrogens with one attached hydrogen (secondary N) is 2. The maximum absolute atomic E-state index is 15.6. The van der Waals surface area contributed by atoms with E-state index in [1.54, 1.807) is 0 Å². The van der Waals surface area contributed by atoms with Gasteiger partial charge >= 0.3 is 6.18 Å². The molecule has 2 aliphatic rings. The molecule has 3 heterocycles. The highest BCUT2D eigenvalue weighted by molar-refractivity contribution is 5.98. The average Bonchev–Trinajstić information content (AvgIpc) is 3.68. The van der Waals surface area contributed by atoms with Crippen LogP contribution < -0.4 is 11.1 Å². The summed E-state index contributed by atoms with van der Waals surface area (Å²) in [5.41, 5.74) is 4.08. The second-order valence-electron chi connectivity index (χ2n) is 9.01. The number of H-pyrrole nitrogens is 1. The first-order chi connectivity index (χ1) is 16.6. The van der Waals surface area contributed by atoms with Gasteiger partial charge in [0, 0.05) is 28.8 Å². The molecule has 13 heteroatoms. The molecule has 1 amide bonds. The van der Waals surface area contributed by atoms with E-state index in [1.165, 1.54) is 29.2 Å². The smallest absolute Gasteiger partial charge is 0.324 e. The zero-order valence-electron chi connectivity index (χ0n) is 17.9. The molecular weight excluding hydrogens is 473 g/mol. The third-order valence-corrected chi connectivity index (χ3v) is 6.53. The summed E-state index contributed by atoms with van der Waals surface area (Å²) in [4.78, 5) is 20.2. The first kappa shape index (κ1) is 21.9. The van der Waals surface area contributed by atoms with Gasteiger partial charge in [-0.05, 0) is 25.2 Å². The predicted molar refractivity (Wildman–Crippen MR) is 114 cm³/mol. The van der Waals surface area contributed by atoms with E-state index < -0.39 is 47.2 Å². The SMILES string of the molecule is NC(c1c(F)c(C(F)(F)F)c(-c2cn3cc(NC(=O)C4CC4F)nc3cn2)c2cn[nH]c12)C1CC1. The number of nitrogens with two attached hydrogens (primary N) is 1. The van der Waals surface area contributed by atoms with E-state index in [4.69, 9.17) is 5.73 Å². The van der Waals surface area contributed by atoms with Crippen molar-refractivity contribution in [2.24, 2.45) is 17.6 Å². The number of hydrogen-bond acceptors (Lipinski definition) is 5. The number of hydrogen-bond donors (Lipinski definition) is 3. The molecule has 2 fully saturated rings. The maximum atomic E-state index is 15.6. The van der Waals surface area contributed by atoms with E-state index >= 15 is 4.39 Å². The Morgan fingerprint density at radius 3 is 2.66 bits per heavy atom. The van der Waals surface area contributed by atoms with Crippen molar-refractivity contribution in [3.8, 4) is 11.3 Å². The van der Waals surface area contributed by atoms with E-state index in [9.17, 15) is 22.4 Å². The monoisotopic (exact) mass is 491 g/mol. The van der Waals surface area contributed by atoms with Gasteiger partial charge in [-0.15, -0.1) is 0 Å². The summed E-state index contributed by atoms with van der Waals surface area (Å²) < 4.78 is 72.7. The number of alkyl halides is 4. The van der Waals surface area contributed by atoms with Crippen LogP contribution in [0.3, 0.4) is 0 Å². The molecule has 3 aromatic heterocycles. The minimum Gasteiger partial charge on any atom is -0.324 e. The van der Waals surface area contributed by atoms with Crippen LogP contribution in [0.4, 0.5) is 27.8 Å². The molecule has 0 radical (unpaired) electrons. The summed E-state index contributed by atoms with van der Waals surface area (Å²) in [6.07, 6.45) is 0.340. The lowest BCUT2D eigenvalue weighted by Gasteiger charge is -2.20. The molecule has 182 valence electrons. The van der Waals surface area contributed by atoms with Crippen LogP contribution >= 0.6 is 0 Å². The van der Waals surface area contributed by atoms with Gasteiger partial charge in [0.15, 0.2) is 11.5 Å². The lowest BCUT2D eigenvalue weighted by atomic mass is 9.91. The molecule has 35 heavy (non-hydrogen) atoms. The number of benzene rings is 1. The van der Waals surface area contributed by atoms with Crippen molar-refractivity contribution < 1.29 is 26.7 Å². The Kier molecular flexibility index (Phi) is 4.66. The van der Waals surface area contributed by atoms with Gasteiger partial charge in [-0.3, -0.25) is 14.9 Å². The third kappa shape index (κ3) is 3.61. The average molecular weight is 491 g/mol. The number of imidazole rings is 1. The van der Waals surface area contributed by atoms with Crippen molar-refractivity contribution in [1.82, 2.24) is 24.6 Å². The van der Waals surface area contributed by atoms with Gasteiger partial charge in [0.05, 0.1) is 35.7 Å². The minimum absolute atomic E-state index is 0.0352. The summed E-state index contributed by atoms with van der Waals surface area (Å²) in [5.74, 6) is -2.72. The molecule has 0 bridgehead atoms. The predicted octanol–water partition coefficient (Wildman–Crippen LogP) is 4.14. The molecule has 0 saturated heterocycles. The Morgan fingerprint density at radius 2 is 2.00 bits per heavy atom. The Bertz CT molecular complexity index is 1490. The van der Waals surface area contributed by atoms with Crippen molar-refractivity contribution in [2.45, 2.75) is 37.7 Å². The van der Waals surface area contributed by atoms with Crippen molar-refractivity contribution >= 4 is 28.3 Å². The fraction of sp³-hybridized carbons (Fsp3) is 0.364. The maximum Gasteiger partial charge on any atom is 0.419 e. The topological polar surface area (TPSA) is 114 Å². The second-order valence-corrected chi connectivity index (χ2v) is 9.01. The number of anilines is 1. The fourth-order valence-corrected chi connectivity index (χ4v) is 4.45. The Labute approximate surface area is 193 Å².